The zero-order valence-corrected chi connectivity index (χ0v) is 13.2. The third-order valence-electron chi connectivity index (χ3n) is 4.14. The van der Waals surface area contributed by atoms with E-state index in [-0.39, 0.29) is 0 Å². The lowest BCUT2D eigenvalue weighted by Gasteiger charge is -2.26. The zero-order valence-electron chi connectivity index (χ0n) is 13.2. The molecule has 0 spiro atoms. The van der Waals surface area contributed by atoms with Gasteiger partial charge < -0.3 is 0 Å². The molecule has 0 fully saturated rings. The van der Waals surface area contributed by atoms with Gasteiger partial charge in [-0.2, -0.15) is 15.7 Å². The first kappa shape index (κ1) is 13.7. The van der Waals surface area contributed by atoms with E-state index < -0.39 is 0 Å². The summed E-state index contributed by atoms with van der Waals surface area (Å²) in [5, 5.41) is 10.7. The number of nitrogens with one attached hydrogen (secondary N) is 1. The van der Waals surface area contributed by atoms with Crippen LogP contribution in [0.2, 0.25) is 0 Å². The Morgan fingerprint density at radius 1 is 0.840 bits per heavy atom. The molecule has 1 aliphatic heterocycles. The lowest BCUT2D eigenvalue weighted by molar-refractivity contribution is 0.710. The maximum atomic E-state index is 4.71. The van der Waals surface area contributed by atoms with E-state index in [0.29, 0.717) is 5.82 Å². The Labute approximate surface area is 144 Å². The van der Waals surface area contributed by atoms with Crippen LogP contribution in [0.15, 0.2) is 78.0 Å². The number of hydrogen-bond acceptors (Lipinski definition) is 6. The first-order valence-corrected chi connectivity index (χ1v) is 7.91. The molecule has 0 atom stereocenters. The highest BCUT2D eigenvalue weighted by molar-refractivity contribution is 5.98. The molecule has 4 aromatic rings. The summed E-state index contributed by atoms with van der Waals surface area (Å²) in [5.41, 5.74) is 3.84. The zero-order chi connectivity index (χ0) is 16.6. The second-order valence-corrected chi connectivity index (χ2v) is 5.65. The van der Waals surface area contributed by atoms with Crippen LogP contribution in [0.1, 0.15) is 0 Å². The van der Waals surface area contributed by atoms with Crippen LogP contribution >= 0.6 is 0 Å². The molecule has 0 aliphatic carbocycles. The fourth-order valence-electron chi connectivity index (χ4n) is 2.95. The van der Waals surface area contributed by atoms with E-state index in [4.69, 9.17) is 4.98 Å². The molecule has 2 aromatic carbocycles. The SMILES string of the molecule is [C]1=NNN(c2ccc3ccccc3n2)N1c1nccc2ccccc12. The van der Waals surface area contributed by atoms with Crippen molar-refractivity contribution in [3.8, 4) is 0 Å². The molecule has 6 heteroatoms. The van der Waals surface area contributed by atoms with Crippen LogP contribution < -0.4 is 15.7 Å². The predicted molar refractivity (Wildman–Crippen MR) is 99.0 cm³/mol. The van der Waals surface area contributed by atoms with E-state index in [1.807, 2.05) is 60.7 Å². The minimum Gasteiger partial charge on any atom is -0.236 e. The minimum absolute atomic E-state index is 0.710. The summed E-state index contributed by atoms with van der Waals surface area (Å²) in [6.07, 6.45) is 4.71. The van der Waals surface area contributed by atoms with E-state index in [1.54, 1.807) is 16.3 Å². The topological polar surface area (TPSA) is 56.7 Å². The van der Waals surface area contributed by atoms with Crippen molar-refractivity contribution in [2.75, 3.05) is 10.1 Å². The highest BCUT2D eigenvalue weighted by atomic mass is 15.9. The molecule has 2 aromatic heterocycles. The summed E-state index contributed by atoms with van der Waals surface area (Å²) in [6, 6.07) is 22.0. The number of hydrogen-bond donors (Lipinski definition) is 1. The van der Waals surface area contributed by atoms with Crippen molar-refractivity contribution in [1.29, 1.82) is 0 Å². The fraction of sp³-hybridized carbons (Fsp3) is 0. The molecule has 119 valence electrons. The molecule has 1 N–H and O–H groups in total. The van der Waals surface area contributed by atoms with E-state index in [0.717, 1.165) is 27.5 Å². The molecular weight excluding hydrogens is 312 g/mol. The fourth-order valence-corrected chi connectivity index (χ4v) is 2.95. The number of fused-ring (bicyclic) bond motifs is 2. The summed E-state index contributed by atoms with van der Waals surface area (Å²) in [5.74, 6) is 1.45. The summed E-state index contributed by atoms with van der Waals surface area (Å²) >= 11 is 0. The number of rotatable bonds is 2. The number of para-hydroxylation sites is 1. The van der Waals surface area contributed by atoms with Gasteiger partial charge in [-0.15, -0.1) is 5.10 Å². The molecule has 25 heavy (non-hydrogen) atoms. The Kier molecular flexibility index (Phi) is 3.00. The minimum atomic E-state index is 0.710. The van der Waals surface area contributed by atoms with Gasteiger partial charge in [-0.05, 0) is 29.7 Å². The monoisotopic (exact) mass is 325 g/mol. The first-order valence-electron chi connectivity index (χ1n) is 7.91. The van der Waals surface area contributed by atoms with Gasteiger partial charge in [0.25, 0.3) is 0 Å². The second-order valence-electron chi connectivity index (χ2n) is 5.65. The second kappa shape index (κ2) is 5.45. The average molecular weight is 325 g/mol. The van der Waals surface area contributed by atoms with Gasteiger partial charge in [-0.3, -0.25) is 0 Å². The third kappa shape index (κ3) is 2.23. The Hall–Kier alpha value is -3.67. The van der Waals surface area contributed by atoms with E-state index in [1.165, 1.54) is 0 Å². The Morgan fingerprint density at radius 3 is 2.64 bits per heavy atom. The summed E-state index contributed by atoms with van der Waals surface area (Å²) in [6.45, 7) is 0. The molecule has 1 radical (unpaired) electrons. The van der Waals surface area contributed by atoms with Crippen molar-refractivity contribution >= 4 is 39.6 Å². The Bertz CT molecular complexity index is 1100. The van der Waals surface area contributed by atoms with E-state index in [2.05, 4.69) is 28.0 Å². The largest absolute Gasteiger partial charge is 0.236 e. The molecule has 1 aliphatic rings. The van der Waals surface area contributed by atoms with Crippen LogP contribution in [0, 0.1) is 0 Å². The van der Waals surface area contributed by atoms with Gasteiger partial charge in [0.15, 0.2) is 11.6 Å². The van der Waals surface area contributed by atoms with Gasteiger partial charge in [0.1, 0.15) is 0 Å². The standard InChI is InChI=1S/C19H13N6/c1-3-7-16-14(5-1)11-12-20-19(16)24-13-21-23-25(24)18-10-9-15-6-2-4-8-17(15)22-18/h1-12,23H. The number of anilines is 2. The smallest absolute Gasteiger partial charge is 0.224 e. The van der Waals surface area contributed by atoms with Crippen LogP contribution in [0.5, 0.6) is 0 Å². The third-order valence-corrected chi connectivity index (χ3v) is 4.14. The predicted octanol–water partition coefficient (Wildman–Crippen LogP) is 3.35. The number of aromatic nitrogens is 2. The van der Waals surface area contributed by atoms with Gasteiger partial charge >= 0.3 is 0 Å². The Morgan fingerprint density at radius 2 is 1.68 bits per heavy atom. The number of benzene rings is 2. The van der Waals surface area contributed by atoms with Crippen LogP contribution in [0.4, 0.5) is 11.6 Å². The van der Waals surface area contributed by atoms with Crippen LogP contribution in [-0.4, -0.2) is 16.3 Å². The first-order chi connectivity index (χ1) is 12.4. The highest BCUT2D eigenvalue weighted by Gasteiger charge is 2.24. The molecular formula is C19H13N6. The van der Waals surface area contributed by atoms with Crippen molar-refractivity contribution in [1.82, 2.24) is 15.5 Å². The number of hydrazone groups is 1. The van der Waals surface area contributed by atoms with E-state index in [9.17, 15) is 0 Å². The van der Waals surface area contributed by atoms with Gasteiger partial charge in [0, 0.05) is 17.0 Å². The number of pyridine rings is 2. The molecule has 0 saturated carbocycles. The summed E-state index contributed by atoms with van der Waals surface area (Å²) in [4.78, 5) is 9.23. The molecule has 0 amide bonds. The van der Waals surface area contributed by atoms with Crippen LogP contribution in [0.25, 0.3) is 21.7 Å². The lowest BCUT2D eigenvalue weighted by Crippen LogP contribution is -2.44. The molecule has 0 unspecified atom stereocenters. The maximum absolute atomic E-state index is 4.71. The van der Waals surface area contributed by atoms with Crippen molar-refractivity contribution in [2.24, 2.45) is 5.10 Å². The van der Waals surface area contributed by atoms with E-state index >= 15 is 0 Å². The Balaban J connectivity index is 1.62. The van der Waals surface area contributed by atoms with Crippen LogP contribution in [0.3, 0.4) is 0 Å². The quantitative estimate of drug-likeness (QED) is 0.612. The van der Waals surface area contributed by atoms with Crippen molar-refractivity contribution in [3.63, 3.8) is 0 Å². The highest BCUT2D eigenvalue weighted by Crippen LogP contribution is 2.27. The van der Waals surface area contributed by atoms with Gasteiger partial charge in [0.05, 0.1) is 5.52 Å². The normalized spacial score (nSPS) is 13.6. The maximum Gasteiger partial charge on any atom is 0.224 e. The molecule has 0 saturated heterocycles. The molecule has 3 heterocycles. The van der Waals surface area contributed by atoms with Crippen molar-refractivity contribution in [2.45, 2.75) is 0 Å². The van der Waals surface area contributed by atoms with Gasteiger partial charge in [-0.25, -0.2) is 9.97 Å². The average Bonchev–Trinajstić information content (AvgIpc) is 3.17. The number of nitrogens with zero attached hydrogens (tertiary/aromatic N) is 5. The summed E-state index contributed by atoms with van der Waals surface area (Å²) < 4.78 is 0. The summed E-state index contributed by atoms with van der Waals surface area (Å²) in [7, 11) is 0. The van der Waals surface area contributed by atoms with Gasteiger partial charge in [0.2, 0.25) is 6.34 Å². The number of hydrazine groups is 2. The molecule has 5 rings (SSSR count). The van der Waals surface area contributed by atoms with Crippen molar-refractivity contribution < 1.29 is 0 Å². The molecule has 0 bridgehead atoms. The molecule has 6 nitrogen and oxygen atoms in total. The van der Waals surface area contributed by atoms with Crippen LogP contribution in [-0.2, 0) is 0 Å². The lowest BCUT2D eigenvalue weighted by atomic mass is 10.1. The van der Waals surface area contributed by atoms with Crippen molar-refractivity contribution in [3.05, 3.63) is 72.9 Å². The van der Waals surface area contributed by atoms with Gasteiger partial charge in [-0.1, -0.05) is 42.5 Å².